The number of piperazine rings is 1. The Bertz CT molecular complexity index is 262. The van der Waals surface area contributed by atoms with Crippen LogP contribution in [0.15, 0.2) is 5.16 Å². The molecule has 1 saturated heterocycles. The van der Waals surface area contributed by atoms with E-state index in [0.29, 0.717) is 6.42 Å². The summed E-state index contributed by atoms with van der Waals surface area (Å²) in [5, 5.41) is 11.8. The molecule has 0 bridgehead atoms. The number of oxime groups is 1. The molecule has 0 aromatic heterocycles. The van der Waals surface area contributed by atoms with Gasteiger partial charge in [-0.1, -0.05) is 5.16 Å². The lowest BCUT2D eigenvalue weighted by Gasteiger charge is -2.43. The van der Waals surface area contributed by atoms with Crippen LogP contribution in [0.5, 0.6) is 0 Å². The second-order valence-electron chi connectivity index (χ2n) is 4.92. The first kappa shape index (κ1) is 14.2. The van der Waals surface area contributed by atoms with Crippen molar-refractivity contribution in [2.75, 3.05) is 39.4 Å². The molecular weight excluding hydrogens is 223 g/mol. The predicted octanol–water partition coefficient (Wildman–Crippen LogP) is 0.489. The molecule has 1 aliphatic heterocycles. The zero-order chi connectivity index (χ0) is 12.9. The molecule has 6 heteroatoms. The van der Waals surface area contributed by atoms with Crippen LogP contribution >= 0.6 is 0 Å². The fourth-order valence-electron chi connectivity index (χ4n) is 2.10. The third-order valence-electron chi connectivity index (χ3n) is 3.51. The van der Waals surface area contributed by atoms with E-state index in [1.807, 2.05) is 13.8 Å². The van der Waals surface area contributed by atoms with Crippen molar-refractivity contribution in [3.8, 4) is 0 Å². The zero-order valence-corrected chi connectivity index (χ0v) is 10.7. The van der Waals surface area contributed by atoms with Gasteiger partial charge in [0.1, 0.15) is 0 Å². The normalized spacial score (nSPS) is 20.8. The molecule has 1 aliphatic rings. The molecule has 0 atom stereocenters. The maximum Gasteiger partial charge on any atom is 0.159 e. The van der Waals surface area contributed by atoms with Crippen LogP contribution in [0.4, 0.5) is 4.39 Å². The highest BCUT2D eigenvalue weighted by Gasteiger charge is 2.33. The number of nitrogens with zero attached hydrogens (tertiary/aromatic N) is 3. The Morgan fingerprint density at radius 3 is 2.41 bits per heavy atom. The average molecular weight is 246 g/mol. The van der Waals surface area contributed by atoms with Crippen LogP contribution in [-0.4, -0.2) is 65.8 Å². The Balaban J connectivity index is 2.46. The first-order valence-electron chi connectivity index (χ1n) is 6.03. The van der Waals surface area contributed by atoms with Gasteiger partial charge in [0.05, 0.1) is 12.2 Å². The molecule has 0 aliphatic carbocycles. The van der Waals surface area contributed by atoms with E-state index in [2.05, 4.69) is 15.0 Å². The molecule has 1 rings (SSSR count). The van der Waals surface area contributed by atoms with Crippen molar-refractivity contribution in [3.05, 3.63) is 0 Å². The van der Waals surface area contributed by atoms with Crippen molar-refractivity contribution in [1.29, 1.82) is 0 Å². The van der Waals surface area contributed by atoms with Gasteiger partial charge in [-0.2, -0.15) is 0 Å². The van der Waals surface area contributed by atoms with Crippen molar-refractivity contribution < 1.29 is 9.60 Å². The second kappa shape index (κ2) is 6.16. The summed E-state index contributed by atoms with van der Waals surface area (Å²) in [5.74, 6) is 0.231. The number of halogens is 1. The molecule has 0 aromatic carbocycles. The first-order chi connectivity index (χ1) is 8.02. The molecule has 0 spiro atoms. The van der Waals surface area contributed by atoms with Crippen LogP contribution < -0.4 is 5.73 Å². The summed E-state index contributed by atoms with van der Waals surface area (Å²) in [6, 6.07) is 0. The monoisotopic (exact) mass is 246 g/mol. The van der Waals surface area contributed by atoms with Crippen molar-refractivity contribution in [2.24, 2.45) is 10.9 Å². The van der Waals surface area contributed by atoms with Crippen molar-refractivity contribution in [3.63, 3.8) is 0 Å². The highest BCUT2D eigenvalue weighted by Crippen LogP contribution is 2.17. The maximum atomic E-state index is 12.1. The third kappa shape index (κ3) is 3.54. The van der Waals surface area contributed by atoms with Crippen LogP contribution in [0.25, 0.3) is 0 Å². The van der Waals surface area contributed by atoms with Gasteiger partial charge in [-0.05, 0) is 20.3 Å². The van der Waals surface area contributed by atoms with E-state index in [-0.39, 0.29) is 12.5 Å². The fourth-order valence-corrected chi connectivity index (χ4v) is 2.10. The zero-order valence-electron chi connectivity index (χ0n) is 10.7. The number of rotatable bonds is 5. The highest BCUT2D eigenvalue weighted by molar-refractivity contribution is 5.88. The van der Waals surface area contributed by atoms with Gasteiger partial charge in [0, 0.05) is 32.7 Å². The molecule has 0 unspecified atom stereocenters. The van der Waals surface area contributed by atoms with Crippen molar-refractivity contribution in [1.82, 2.24) is 9.80 Å². The minimum absolute atomic E-state index is 0.231. The van der Waals surface area contributed by atoms with E-state index in [9.17, 15) is 4.39 Å². The lowest BCUT2D eigenvalue weighted by atomic mass is 10.0. The number of nitrogens with two attached hydrogens (primary N) is 1. The lowest BCUT2D eigenvalue weighted by molar-refractivity contribution is 0.0815. The van der Waals surface area contributed by atoms with Crippen LogP contribution in [0, 0.1) is 0 Å². The Morgan fingerprint density at radius 2 is 1.94 bits per heavy atom. The third-order valence-corrected chi connectivity index (χ3v) is 3.51. The van der Waals surface area contributed by atoms with Crippen LogP contribution in [0.3, 0.4) is 0 Å². The minimum atomic E-state index is -0.430. The number of hydrogen-bond acceptors (Lipinski definition) is 4. The fraction of sp³-hybridized carbons (Fsp3) is 0.909. The summed E-state index contributed by atoms with van der Waals surface area (Å²) < 4.78 is 12.1. The van der Waals surface area contributed by atoms with E-state index in [0.717, 1.165) is 32.7 Å². The van der Waals surface area contributed by atoms with Gasteiger partial charge < -0.3 is 15.8 Å². The first-order valence-corrected chi connectivity index (χ1v) is 6.03. The van der Waals surface area contributed by atoms with Crippen LogP contribution in [0.1, 0.15) is 20.3 Å². The lowest BCUT2D eigenvalue weighted by Crippen LogP contribution is -2.59. The molecule has 0 aromatic rings. The standard InChI is InChI=1S/C11H23FN4O/c1-11(2,10(13)14-17)16-8-6-15(7-9-16)5-3-4-12/h17H,3-9H2,1-2H3,(H2,13,14). The van der Waals surface area contributed by atoms with E-state index in [1.54, 1.807) is 0 Å². The Hall–Kier alpha value is -0.880. The quantitative estimate of drug-likeness (QED) is 0.321. The Morgan fingerprint density at radius 1 is 1.35 bits per heavy atom. The molecule has 0 radical (unpaired) electrons. The molecular formula is C11H23FN4O. The minimum Gasteiger partial charge on any atom is -0.409 e. The summed E-state index contributed by atoms with van der Waals surface area (Å²) in [7, 11) is 0. The van der Waals surface area contributed by atoms with E-state index < -0.39 is 5.54 Å². The van der Waals surface area contributed by atoms with Gasteiger partial charge in [0.2, 0.25) is 0 Å². The molecule has 1 heterocycles. The smallest absolute Gasteiger partial charge is 0.159 e. The Kier molecular flexibility index (Phi) is 5.14. The maximum absolute atomic E-state index is 12.1. The van der Waals surface area contributed by atoms with Crippen LogP contribution in [0.2, 0.25) is 0 Å². The molecule has 0 amide bonds. The number of hydrogen-bond donors (Lipinski definition) is 2. The highest BCUT2D eigenvalue weighted by atomic mass is 19.1. The predicted molar refractivity (Wildman–Crippen MR) is 66.1 cm³/mol. The summed E-state index contributed by atoms with van der Waals surface area (Å²) in [6.45, 7) is 7.97. The van der Waals surface area contributed by atoms with E-state index >= 15 is 0 Å². The number of amidine groups is 1. The van der Waals surface area contributed by atoms with Gasteiger partial charge in [0.25, 0.3) is 0 Å². The summed E-state index contributed by atoms with van der Waals surface area (Å²) >= 11 is 0. The van der Waals surface area contributed by atoms with Gasteiger partial charge in [0.15, 0.2) is 5.84 Å². The van der Waals surface area contributed by atoms with E-state index in [1.165, 1.54) is 0 Å². The van der Waals surface area contributed by atoms with Gasteiger partial charge in [-0.25, -0.2) is 0 Å². The molecule has 5 nitrogen and oxygen atoms in total. The van der Waals surface area contributed by atoms with E-state index in [4.69, 9.17) is 10.9 Å². The number of alkyl halides is 1. The Labute approximate surface area is 102 Å². The molecule has 1 fully saturated rings. The van der Waals surface area contributed by atoms with Gasteiger partial charge >= 0.3 is 0 Å². The second-order valence-corrected chi connectivity index (χ2v) is 4.92. The summed E-state index contributed by atoms with van der Waals surface area (Å²) in [6.07, 6.45) is 0.601. The largest absolute Gasteiger partial charge is 0.409 e. The van der Waals surface area contributed by atoms with Crippen LogP contribution in [-0.2, 0) is 0 Å². The van der Waals surface area contributed by atoms with Crippen molar-refractivity contribution in [2.45, 2.75) is 25.8 Å². The topological polar surface area (TPSA) is 65.1 Å². The average Bonchev–Trinajstić information content (AvgIpc) is 2.35. The van der Waals surface area contributed by atoms with Gasteiger partial charge in [-0.15, -0.1) is 0 Å². The molecule has 17 heavy (non-hydrogen) atoms. The van der Waals surface area contributed by atoms with Crippen molar-refractivity contribution >= 4 is 5.84 Å². The summed E-state index contributed by atoms with van der Waals surface area (Å²) in [5.41, 5.74) is 5.26. The SMILES string of the molecule is CC(C)(C(N)=NO)N1CCN(CCCF)CC1. The van der Waals surface area contributed by atoms with Gasteiger partial charge in [-0.3, -0.25) is 9.29 Å². The summed E-state index contributed by atoms with van der Waals surface area (Å²) in [4.78, 5) is 4.44. The molecule has 100 valence electrons. The molecule has 3 N–H and O–H groups in total. The molecule has 0 saturated carbocycles.